The van der Waals surface area contributed by atoms with E-state index in [0.717, 1.165) is 38.3 Å². The predicted molar refractivity (Wildman–Crippen MR) is 70.1 cm³/mol. The third-order valence-electron chi connectivity index (χ3n) is 2.63. The minimum Gasteiger partial charge on any atom is -0.384 e. The zero-order valence-electron chi connectivity index (χ0n) is 10.0. The van der Waals surface area contributed by atoms with E-state index in [2.05, 4.69) is 29.0 Å². The van der Waals surface area contributed by atoms with Crippen LogP contribution in [0.4, 0.5) is 5.69 Å². The summed E-state index contributed by atoms with van der Waals surface area (Å²) in [4.78, 5) is 6.36. The van der Waals surface area contributed by atoms with Crippen LogP contribution >= 0.6 is 11.6 Å². The zero-order valence-corrected chi connectivity index (χ0v) is 10.8. The van der Waals surface area contributed by atoms with Gasteiger partial charge < -0.3 is 10.2 Å². The Morgan fingerprint density at radius 2 is 2.12 bits per heavy atom. The molecule has 0 saturated heterocycles. The molecule has 0 unspecified atom stereocenters. The Hall–Kier alpha value is -0.800. The van der Waals surface area contributed by atoms with E-state index < -0.39 is 0 Å². The van der Waals surface area contributed by atoms with Crippen LogP contribution in [-0.4, -0.2) is 36.1 Å². The lowest BCUT2D eigenvalue weighted by Gasteiger charge is -2.18. The number of rotatable bonds is 7. The Kier molecular flexibility index (Phi) is 6.19. The lowest BCUT2D eigenvalue weighted by Crippen LogP contribution is -2.25. The SMILES string of the molecule is CCN(CC)CCCNc1ccncc1Cl. The lowest BCUT2D eigenvalue weighted by atomic mass is 10.3. The summed E-state index contributed by atoms with van der Waals surface area (Å²) in [5.41, 5.74) is 0.969. The van der Waals surface area contributed by atoms with Gasteiger partial charge in [-0.3, -0.25) is 4.98 Å². The molecule has 0 fully saturated rings. The van der Waals surface area contributed by atoms with Crippen molar-refractivity contribution >= 4 is 17.3 Å². The van der Waals surface area contributed by atoms with Crippen LogP contribution in [0.25, 0.3) is 0 Å². The Labute approximate surface area is 103 Å². The first-order chi connectivity index (χ1) is 7.77. The van der Waals surface area contributed by atoms with E-state index in [-0.39, 0.29) is 0 Å². The molecule has 0 spiro atoms. The molecule has 0 aliphatic carbocycles. The highest BCUT2D eigenvalue weighted by Gasteiger charge is 2.00. The zero-order chi connectivity index (χ0) is 11.8. The van der Waals surface area contributed by atoms with Gasteiger partial charge >= 0.3 is 0 Å². The number of nitrogens with one attached hydrogen (secondary N) is 1. The fourth-order valence-electron chi connectivity index (χ4n) is 1.58. The van der Waals surface area contributed by atoms with Gasteiger partial charge in [0.15, 0.2) is 0 Å². The van der Waals surface area contributed by atoms with Crippen molar-refractivity contribution in [3.63, 3.8) is 0 Å². The highest BCUT2D eigenvalue weighted by Crippen LogP contribution is 2.18. The summed E-state index contributed by atoms with van der Waals surface area (Å²) in [7, 11) is 0. The minimum atomic E-state index is 0.685. The molecular formula is C12H20ClN3. The first kappa shape index (κ1) is 13.3. The van der Waals surface area contributed by atoms with Crippen LogP contribution in [0.2, 0.25) is 5.02 Å². The second kappa shape index (κ2) is 7.47. The molecule has 0 radical (unpaired) electrons. The van der Waals surface area contributed by atoms with Gasteiger partial charge in [0.25, 0.3) is 0 Å². The normalized spacial score (nSPS) is 10.8. The maximum atomic E-state index is 5.98. The van der Waals surface area contributed by atoms with Gasteiger partial charge in [-0.2, -0.15) is 0 Å². The molecule has 1 heterocycles. The molecule has 0 saturated carbocycles. The van der Waals surface area contributed by atoms with Gasteiger partial charge in [0, 0.05) is 18.9 Å². The molecular weight excluding hydrogens is 222 g/mol. The van der Waals surface area contributed by atoms with Crippen molar-refractivity contribution in [2.24, 2.45) is 0 Å². The first-order valence-corrected chi connectivity index (χ1v) is 6.21. The van der Waals surface area contributed by atoms with Crippen molar-refractivity contribution in [2.45, 2.75) is 20.3 Å². The highest BCUT2D eigenvalue weighted by molar-refractivity contribution is 6.33. The number of hydrogen-bond donors (Lipinski definition) is 1. The summed E-state index contributed by atoms with van der Waals surface area (Å²) in [6, 6.07) is 1.90. The number of nitrogens with zero attached hydrogens (tertiary/aromatic N) is 2. The molecule has 0 aliphatic rings. The molecule has 4 heteroatoms. The molecule has 90 valence electrons. The van der Waals surface area contributed by atoms with Gasteiger partial charge in [-0.15, -0.1) is 0 Å². The van der Waals surface area contributed by atoms with Crippen molar-refractivity contribution in [2.75, 3.05) is 31.5 Å². The van der Waals surface area contributed by atoms with Crippen LogP contribution in [0.15, 0.2) is 18.5 Å². The van der Waals surface area contributed by atoms with E-state index in [1.54, 1.807) is 12.4 Å². The first-order valence-electron chi connectivity index (χ1n) is 5.83. The van der Waals surface area contributed by atoms with Gasteiger partial charge in [-0.1, -0.05) is 25.4 Å². The van der Waals surface area contributed by atoms with Gasteiger partial charge in [0.2, 0.25) is 0 Å². The molecule has 0 bridgehead atoms. The topological polar surface area (TPSA) is 28.2 Å². The molecule has 0 aromatic carbocycles. The van der Waals surface area contributed by atoms with Crippen molar-refractivity contribution in [3.8, 4) is 0 Å². The van der Waals surface area contributed by atoms with E-state index >= 15 is 0 Å². The van der Waals surface area contributed by atoms with E-state index in [9.17, 15) is 0 Å². The summed E-state index contributed by atoms with van der Waals surface area (Å²) in [6.07, 6.45) is 4.53. The largest absolute Gasteiger partial charge is 0.384 e. The summed E-state index contributed by atoms with van der Waals surface area (Å²) in [6.45, 7) is 8.69. The van der Waals surface area contributed by atoms with E-state index in [1.165, 1.54) is 0 Å². The fourth-order valence-corrected chi connectivity index (χ4v) is 1.77. The molecule has 16 heavy (non-hydrogen) atoms. The van der Waals surface area contributed by atoms with E-state index in [1.807, 2.05) is 6.07 Å². The molecule has 1 aromatic heterocycles. The Bertz CT molecular complexity index is 300. The highest BCUT2D eigenvalue weighted by atomic mass is 35.5. The van der Waals surface area contributed by atoms with Gasteiger partial charge in [-0.25, -0.2) is 0 Å². The van der Waals surface area contributed by atoms with Gasteiger partial charge in [-0.05, 0) is 32.1 Å². The summed E-state index contributed by atoms with van der Waals surface area (Å²) >= 11 is 5.98. The van der Waals surface area contributed by atoms with Crippen LogP contribution in [0.1, 0.15) is 20.3 Å². The second-order valence-corrected chi connectivity index (χ2v) is 4.07. The maximum absolute atomic E-state index is 5.98. The van der Waals surface area contributed by atoms with Crippen molar-refractivity contribution in [1.82, 2.24) is 9.88 Å². The van der Waals surface area contributed by atoms with Crippen LogP contribution < -0.4 is 5.32 Å². The van der Waals surface area contributed by atoms with Crippen LogP contribution in [0, 0.1) is 0 Å². The van der Waals surface area contributed by atoms with E-state index in [0.29, 0.717) is 5.02 Å². The Morgan fingerprint density at radius 3 is 2.75 bits per heavy atom. The predicted octanol–water partition coefficient (Wildman–Crippen LogP) is 2.88. The lowest BCUT2D eigenvalue weighted by molar-refractivity contribution is 0.303. The molecule has 1 rings (SSSR count). The quantitative estimate of drug-likeness (QED) is 0.744. The molecule has 1 aromatic rings. The molecule has 0 aliphatic heterocycles. The van der Waals surface area contributed by atoms with Crippen molar-refractivity contribution in [3.05, 3.63) is 23.5 Å². The molecule has 3 nitrogen and oxygen atoms in total. The second-order valence-electron chi connectivity index (χ2n) is 3.66. The van der Waals surface area contributed by atoms with E-state index in [4.69, 9.17) is 11.6 Å². The van der Waals surface area contributed by atoms with Crippen LogP contribution in [-0.2, 0) is 0 Å². The fraction of sp³-hybridized carbons (Fsp3) is 0.583. The summed E-state index contributed by atoms with van der Waals surface area (Å²) in [5.74, 6) is 0. The molecule has 0 amide bonds. The number of hydrogen-bond acceptors (Lipinski definition) is 3. The summed E-state index contributed by atoms with van der Waals surface area (Å²) < 4.78 is 0. The van der Waals surface area contributed by atoms with Gasteiger partial charge in [0.05, 0.1) is 10.7 Å². The third kappa shape index (κ3) is 4.37. The minimum absolute atomic E-state index is 0.685. The molecule has 1 N–H and O–H groups in total. The number of pyridine rings is 1. The van der Waals surface area contributed by atoms with Crippen LogP contribution in [0.5, 0.6) is 0 Å². The monoisotopic (exact) mass is 241 g/mol. The van der Waals surface area contributed by atoms with Crippen molar-refractivity contribution in [1.29, 1.82) is 0 Å². The number of aromatic nitrogens is 1. The average Bonchev–Trinajstić information content (AvgIpc) is 2.31. The maximum Gasteiger partial charge on any atom is 0.0820 e. The standard InChI is InChI=1S/C12H20ClN3/c1-3-16(4-2)9-5-7-15-12-6-8-14-10-11(12)13/h6,8,10H,3-5,7,9H2,1-2H3,(H,14,15). The third-order valence-corrected chi connectivity index (χ3v) is 2.93. The van der Waals surface area contributed by atoms with Crippen molar-refractivity contribution < 1.29 is 0 Å². The Balaban J connectivity index is 2.23. The number of anilines is 1. The Morgan fingerprint density at radius 1 is 1.38 bits per heavy atom. The summed E-state index contributed by atoms with van der Waals surface area (Å²) in [5, 5.41) is 4.00. The molecule has 0 atom stereocenters. The van der Waals surface area contributed by atoms with Gasteiger partial charge in [0.1, 0.15) is 0 Å². The average molecular weight is 242 g/mol. The van der Waals surface area contributed by atoms with Crippen LogP contribution in [0.3, 0.4) is 0 Å². The smallest absolute Gasteiger partial charge is 0.0820 e. The number of halogens is 1.